The number of carbonyl (C=O) groups excluding carboxylic acids is 3. The zero-order valence-corrected chi connectivity index (χ0v) is 16.9. The lowest BCUT2D eigenvalue weighted by atomic mass is 9.89. The molecule has 9 heteroatoms. The van der Waals surface area contributed by atoms with Gasteiger partial charge in [-0.05, 0) is 18.8 Å². The molecule has 0 aromatic heterocycles. The van der Waals surface area contributed by atoms with Crippen LogP contribution in [-0.4, -0.2) is 17.6 Å². The number of carbonyl (C=O) groups is 3. The molecule has 1 aliphatic carbocycles. The number of amides is 2. The third-order valence-corrected chi connectivity index (χ3v) is 5.43. The van der Waals surface area contributed by atoms with Crippen molar-refractivity contribution in [3.05, 3.63) is 35.1 Å². The van der Waals surface area contributed by atoms with Crippen molar-refractivity contribution in [3.63, 3.8) is 0 Å². The molecule has 0 saturated heterocycles. The van der Waals surface area contributed by atoms with Gasteiger partial charge < -0.3 is 5.32 Å². The van der Waals surface area contributed by atoms with E-state index in [1.165, 1.54) is 6.92 Å². The van der Waals surface area contributed by atoms with Gasteiger partial charge in [0.25, 0.3) is 5.91 Å². The van der Waals surface area contributed by atoms with E-state index in [4.69, 9.17) is 0 Å². The Bertz CT molecular complexity index is 774. The maximum absolute atomic E-state index is 14.4. The fraction of sp³-hybridized carbons (Fsp3) is 0.550. The normalized spacial score (nSPS) is 16.3. The molecule has 1 aliphatic rings. The molecule has 29 heavy (non-hydrogen) atoms. The van der Waals surface area contributed by atoms with Crippen LogP contribution >= 0.6 is 0 Å². The lowest BCUT2D eigenvalue weighted by Crippen LogP contribution is -2.37. The Balaban J connectivity index is 2.11. The Morgan fingerprint density at radius 2 is 1.72 bits per heavy atom. The minimum atomic E-state index is -1.05. The number of nitrogens with zero attached hydrogens (tertiary/aromatic N) is 1. The molecule has 1 saturated carbocycles. The van der Waals surface area contributed by atoms with Crippen LogP contribution in [-0.2, 0) is 26.8 Å². The summed E-state index contributed by atoms with van der Waals surface area (Å²) in [5.74, 6) is -5.47. The van der Waals surface area contributed by atoms with Crippen LogP contribution in [0.5, 0.6) is 0 Å². The van der Waals surface area contributed by atoms with E-state index in [1.54, 1.807) is 0 Å². The van der Waals surface area contributed by atoms with E-state index in [0.717, 1.165) is 12.8 Å². The average Bonchev–Trinajstić information content (AvgIpc) is 3.18. The monoisotopic (exact) mass is 428 g/mol. The van der Waals surface area contributed by atoms with E-state index in [2.05, 4.69) is 22.1 Å². The summed E-state index contributed by atoms with van der Waals surface area (Å²) in [4.78, 5) is 35.7. The number of ketones is 1. The number of hydrogen-bond donors (Lipinski definition) is 1. The van der Waals surface area contributed by atoms with E-state index in [9.17, 15) is 27.6 Å². The molecule has 1 aromatic carbocycles. The Kier molecular flexibility index (Phi) is 8.43. The van der Waals surface area contributed by atoms with E-state index in [0.29, 0.717) is 25.0 Å². The van der Waals surface area contributed by atoms with Crippen LogP contribution in [0.1, 0.15) is 63.5 Å². The molecule has 5 nitrogen and oxygen atoms in total. The zero-order valence-electron chi connectivity index (χ0n) is 16.1. The summed E-state index contributed by atoms with van der Waals surface area (Å²) >= 11 is 4.25. The molecule has 2 atom stereocenters. The second-order valence-electron chi connectivity index (χ2n) is 7.44. The second kappa shape index (κ2) is 10.6. The van der Waals surface area contributed by atoms with Gasteiger partial charge in [-0.2, -0.15) is 0 Å². The summed E-state index contributed by atoms with van der Waals surface area (Å²) in [6.45, 7) is 1.52. The summed E-state index contributed by atoms with van der Waals surface area (Å²) in [5, 5.41) is 2.66. The molecule has 158 valence electrons. The maximum Gasteiger partial charge on any atom is 0.257 e. The molecule has 0 spiro atoms. The van der Waals surface area contributed by atoms with Crippen molar-refractivity contribution in [2.45, 2.75) is 57.9 Å². The lowest BCUT2D eigenvalue weighted by Gasteiger charge is -2.27. The Labute approximate surface area is 172 Å². The molecule has 2 amide bonds. The topological polar surface area (TPSA) is 75.6 Å². The summed E-state index contributed by atoms with van der Waals surface area (Å²) in [6.07, 6.45) is 2.79. The molecule has 0 heterocycles. The molecule has 1 N–H and O–H groups in total. The standard InChI is InChI=1S/C20H23F3N2O3S/c1-11(8-14(26)6-7-17(27)25-29)20(28)24-19(12-4-2-3-5-12)18-15(22)9-13(21)10-16(18)23/h9-12,19H,2-8H2,1H3,(H,24,28)/t11-,19+/m0/s1. The van der Waals surface area contributed by atoms with Crippen molar-refractivity contribution >= 4 is 30.0 Å². The molecular formula is C20H23F3N2O3S. The molecular weight excluding hydrogens is 405 g/mol. The fourth-order valence-corrected chi connectivity index (χ4v) is 3.78. The van der Waals surface area contributed by atoms with Crippen molar-refractivity contribution in [2.24, 2.45) is 16.2 Å². The Hall–Kier alpha value is -2.16. The minimum Gasteiger partial charge on any atom is -0.349 e. The molecule has 0 unspecified atom stereocenters. The first kappa shape index (κ1) is 23.1. The van der Waals surface area contributed by atoms with Gasteiger partial charge in [-0.25, -0.2) is 13.2 Å². The van der Waals surface area contributed by atoms with Gasteiger partial charge in [-0.15, -0.1) is 4.36 Å². The van der Waals surface area contributed by atoms with Gasteiger partial charge in [0.1, 0.15) is 23.2 Å². The molecule has 2 rings (SSSR count). The van der Waals surface area contributed by atoms with Crippen LogP contribution in [0.4, 0.5) is 13.2 Å². The molecule has 0 bridgehead atoms. The fourth-order valence-electron chi connectivity index (χ4n) is 3.69. The predicted molar refractivity (Wildman–Crippen MR) is 102 cm³/mol. The van der Waals surface area contributed by atoms with Crippen LogP contribution in [0.2, 0.25) is 0 Å². The average molecular weight is 428 g/mol. The first-order valence-corrected chi connectivity index (χ1v) is 9.92. The van der Waals surface area contributed by atoms with Crippen molar-refractivity contribution in [1.29, 1.82) is 0 Å². The summed E-state index contributed by atoms with van der Waals surface area (Å²) < 4.78 is 45.0. The zero-order chi connectivity index (χ0) is 21.6. The lowest BCUT2D eigenvalue weighted by molar-refractivity contribution is -0.130. The second-order valence-corrected chi connectivity index (χ2v) is 7.63. The summed E-state index contributed by atoms with van der Waals surface area (Å²) in [5.41, 5.74) is -0.358. The molecule has 1 aromatic rings. The van der Waals surface area contributed by atoms with Crippen molar-refractivity contribution in [1.82, 2.24) is 5.32 Å². The number of nitrogens with one attached hydrogen (secondary N) is 1. The number of halogens is 3. The van der Waals surface area contributed by atoms with E-state index < -0.39 is 41.2 Å². The number of benzene rings is 1. The van der Waals surface area contributed by atoms with Crippen molar-refractivity contribution in [3.8, 4) is 0 Å². The van der Waals surface area contributed by atoms with Crippen LogP contribution < -0.4 is 5.32 Å². The quantitative estimate of drug-likeness (QED) is 0.643. The van der Waals surface area contributed by atoms with Gasteiger partial charge in [-0.1, -0.05) is 19.8 Å². The van der Waals surface area contributed by atoms with Gasteiger partial charge in [0, 0.05) is 55.3 Å². The van der Waals surface area contributed by atoms with Crippen LogP contribution in [0.25, 0.3) is 0 Å². The SMILES string of the molecule is C[C@@H](CC(=O)CCC(=O)N=S)C(=O)N[C@@H](c1c(F)cc(F)cc1F)C1CCCC1. The van der Waals surface area contributed by atoms with Gasteiger partial charge in [0.2, 0.25) is 5.91 Å². The van der Waals surface area contributed by atoms with Crippen molar-refractivity contribution < 1.29 is 27.6 Å². The van der Waals surface area contributed by atoms with E-state index >= 15 is 0 Å². The highest BCUT2D eigenvalue weighted by atomic mass is 32.1. The molecule has 1 fully saturated rings. The van der Waals surface area contributed by atoms with Gasteiger partial charge >= 0.3 is 0 Å². The number of hydrogen-bond acceptors (Lipinski definition) is 4. The third-order valence-electron chi connectivity index (χ3n) is 5.22. The molecule has 0 radical (unpaired) electrons. The van der Waals surface area contributed by atoms with Crippen LogP contribution in [0.15, 0.2) is 16.5 Å². The first-order chi connectivity index (χ1) is 13.7. The van der Waals surface area contributed by atoms with Gasteiger partial charge in [0.05, 0.1) is 6.04 Å². The number of Topliss-reactive ketones (excluding diaryl/α,β-unsaturated/α-hetero) is 1. The first-order valence-electron chi connectivity index (χ1n) is 9.55. The summed E-state index contributed by atoms with van der Waals surface area (Å²) in [6, 6.07) is 0.255. The Morgan fingerprint density at radius 1 is 1.14 bits per heavy atom. The predicted octanol–water partition coefficient (Wildman–Crippen LogP) is 4.08. The van der Waals surface area contributed by atoms with Gasteiger partial charge in [0.15, 0.2) is 0 Å². The maximum atomic E-state index is 14.4. The highest BCUT2D eigenvalue weighted by Gasteiger charge is 2.33. The largest absolute Gasteiger partial charge is 0.349 e. The van der Waals surface area contributed by atoms with E-state index in [-0.39, 0.29) is 36.5 Å². The Morgan fingerprint density at radius 3 is 2.28 bits per heavy atom. The van der Waals surface area contributed by atoms with Crippen LogP contribution in [0, 0.1) is 29.3 Å². The third kappa shape index (κ3) is 6.42. The highest BCUT2D eigenvalue weighted by Crippen LogP contribution is 2.38. The van der Waals surface area contributed by atoms with Crippen LogP contribution in [0.3, 0.4) is 0 Å². The highest BCUT2D eigenvalue weighted by molar-refractivity contribution is 7.47. The smallest absolute Gasteiger partial charge is 0.257 e. The minimum absolute atomic E-state index is 0.0795. The van der Waals surface area contributed by atoms with Gasteiger partial charge in [-0.3, -0.25) is 14.4 Å². The van der Waals surface area contributed by atoms with E-state index in [1.807, 2.05) is 0 Å². The number of rotatable bonds is 9. The summed E-state index contributed by atoms with van der Waals surface area (Å²) in [7, 11) is 0. The van der Waals surface area contributed by atoms with Crippen molar-refractivity contribution in [2.75, 3.05) is 0 Å². The molecule has 0 aliphatic heterocycles.